The van der Waals surface area contributed by atoms with Crippen LogP contribution in [0.5, 0.6) is 0 Å². The Kier molecular flexibility index (Phi) is 5.53. The van der Waals surface area contributed by atoms with E-state index in [-0.39, 0.29) is 0 Å². The van der Waals surface area contributed by atoms with E-state index in [9.17, 15) is 8.96 Å². The highest BCUT2D eigenvalue weighted by Crippen LogP contribution is 1.80. The van der Waals surface area contributed by atoms with Crippen molar-refractivity contribution in [2.75, 3.05) is 0 Å². The van der Waals surface area contributed by atoms with Crippen LogP contribution in [0, 0.1) is 11.5 Å². The summed E-state index contributed by atoms with van der Waals surface area (Å²) in [6.07, 6.45) is 0.528. The number of benzene rings is 1. The molecule has 0 saturated carbocycles. The van der Waals surface area contributed by atoms with E-state index in [2.05, 4.69) is 0 Å². The van der Waals surface area contributed by atoms with Crippen molar-refractivity contribution >= 4 is 0 Å². The van der Waals surface area contributed by atoms with Gasteiger partial charge >= 0.3 is 0 Å². The van der Waals surface area contributed by atoms with Crippen LogP contribution < -0.4 is 0 Å². The van der Waals surface area contributed by atoms with E-state index in [1.54, 1.807) is 0 Å². The van der Waals surface area contributed by atoms with Gasteiger partial charge in [-0.05, 0) is 0 Å². The van der Waals surface area contributed by atoms with Crippen LogP contribution >= 0.6 is 0 Å². The fourth-order valence-corrected chi connectivity index (χ4v) is 0.385. The first-order valence-corrected chi connectivity index (χ1v) is 2.79. The van der Waals surface area contributed by atoms with Gasteiger partial charge in [-0.3, -0.25) is 0 Å². The second kappa shape index (κ2) is 6.49. The monoisotopic (exact) mass is 156 g/mol. The molecule has 0 heterocycles. The van der Waals surface area contributed by atoms with Gasteiger partial charge in [-0.15, -0.1) is 0 Å². The Morgan fingerprint density at radius 2 is 1.09 bits per heavy atom. The topological polar surface area (TPSA) is 27.0 Å². The predicted octanol–water partition coefficient (Wildman–Crippen LogP) is 2.23. The number of hydrogen-bond acceptors (Lipinski definition) is 2. The molecule has 0 atom stereocenters. The third-order valence-electron chi connectivity index (χ3n) is 0.742. The van der Waals surface area contributed by atoms with Gasteiger partial charge in [0.1, 0.15) is 0 Å². The minimum atomic E-state index is -1.57. The van der Waals surface area contributed by atoms with Gasteiger partial charge in [-0.1, -0.05) is 45.4 Å². The molecule has 0 bridgehead atoms. The van der Waals surface area contributed by atoms with Crippen LogP contribution in [0.3, 0.4) is 0 Å². The molecule has 1 rings (SSSR count). The third kappa shape index (κ3) is 8.37. The number of halogens is 2. The molecule has 58 valence electrons. The van der Waals surface area contributed by atoms with Gasteiger partial charge in [0.25, 0.3) is 0 Å². The number of rotatable bonds is 0. The Bertz CT molecular complexity index is 179. The molecule has 1 aromatic rings. The van der Waals surface area contributed by atoms with Crippen LogP contribution in [0.4, 0.5) is 8.96 Å². The molecule has 0 aromatic heterocycles. The standard InChI is InChI=1S/C6H6.CF2N2/c1-2-4-6-5-3-1;2-5(3)1-4/h1-6H;. The summed E-state index contributed by atoms with van der Waals surface area (Å²) in [7, 11) is 0. The van der Waals surface area contributed by atoms with Gasteiger partial charge in [0.05, 0.1) is 0 Å². The van der Waals surface area contributed by atoms with Crippen LogP contribution in [0.2, 0.25) is 0 Å². The highest BCUT2D eigenvalue weighted by Gasteiger charge is 1.82. The van der Waals surface area contributed by atoms with E-state index < -0.39 is 5.34 Å². The maximum atomic E-state index is 10.2. The lowest BCUT2D eigenvalue weighted by atomic mass is 10.4. The summed E-state index contributed by atoms with van der Waals surface area (Å²) in [4.78, 5) is 0. The first kappa shape index (κ1) is 9.37. The summed E-state index contributed by atoms with van der Waals surface area (Å²) in [5, 5.41) is 5.50. The van der Waals surface area contributed by atoms with Crippen LogP contribution in [-0.4, -0.2) is 5.34 Å². The van der Waals surface area contributed by atoms with Gasteiger partial charge < -0.3 is 0 Å². The molecule has 1 aromatic carbocycles. The van der Waals surface area contributed by atoms with Crippen molar-refractivity contribution in [2.45, 2.75) is 0 Å². The van der Waals surface area contributed by atoms with E-state index >= 15 is 0 Å². The Balaban J connectivity index is 0.000000187. The van der Waals surface area contributed by atoms with Crippen LogP contribution in [-0.2, 0) is 0 Å². The van der Waals surface area contributed by atoms with Gasteiger partial charge in [0.2, 0.25) is 6.19 Å². The predicted molar refractivity (Wildman–Crippen MR) is 36.1 cm³/mol. The Morgan fingerprint density at radius 3 is 1.18 bits per heavy atom. The van der Waals surface area contributed by atoms with E-state index in [4.69, 9.17) is 5.26 Å². The third-order valence-corrected chi connectivity index (χ3v) is 0.742. The normalized spacial score (nSPS) is 7.00. The molecule has 0 aliphatic carbocycles. The molecular formula is C7H6F2N2. The van der Waals surface area contributed by atoms with Crippen molar-refractivity contribution in [3.63, 3.8) is 0 Å². The first-order valence-electron chi connectivity index (χ1n) is 2.79. The van der Waals surface area contributed by atoms with E-state index in [0.29, 0.717) is 6.19 Å². The summed E-state index contributed by atoms with van der Waals surface area (Å²) in [5.74, 6) is 0. The van der Waals surface area contributed by atoms with Gasteiger partial charge in [0, 0.05) is 5.34 Å². The Hall–Kier alpha value is -1.63. The maximum Gasteiger partial charge on any atom is 0.244 e. The molecule has 4 heteroatoms. The van der Waals surface area contributed by atoms with Crippen molar-refractivity contribution in [3.8, 4) is 6.19 Å². The smallest absolute Gasteiger partial charge is 0.167 e. The van der Waals surface area contributed by atoms with E-state index in [1.165, 1.54) is 0 Å². The Labute approximate surface area is 63.2 Å². The zero-order valence-electron chi connectivity index (χ0n) is 5.61. The molecule has 0 unspecified atom stereocenters. The van der Waals surface area contributed by atoms with Gasteiger partial charge in [-0.2, -0.15) is 5.26 Å². The average Bonchev–Trinajstić information content (AvgIpc) is 2.09. The molecule has 0 N–H and O–H groups in total. The number of hydrogen-bond donors (Lipinski definition) is 0. The van der Waals surface area contributed by atoms with Crippen molar-refractivity contribution in [1.82, 2.24) is 5.34 Å². The largest absolute Gasteiger partial charge is 0.244 e. The van der Waals surface area contributed by atoms with Gasteiger partial charge in [0.15, 0.2) is 0 Å². The fraction of sp³-hybridized carbons (Fsp3) is 0. The van der Waals surface area contributed by atoms with Crippen molar-refractivity contribution in [3.05, 3.63) is 36.4 Å². The first-order chi connectivity index (χ1) is 5.27. The second-order valence-corrected chi connectivity index (χ2v) is 1.49. The quantitative estimate of drug-likeness (QED) is 0.327. The highest BCUT2D eigenvalue weighted by molar-refractivity contribution is 4.99. The van der Waals surface area contributed by atoms with Crippen LogP contribution in [0.25, 0.3) is 0 Å². The summed E-state index contributed by atoms with van der Waals surface area (Å²) in [6, 6.07) is 12.0. The molecule has 0 spiro atoms. The van der Waals surface area contributed by atoms with E-state index in [1.807, 2.05) is 36.4 Å². The summed E-state index contributed by atoms with van der Waals surface area (Å²) >= 11 is 0. The average molecular weight is 156 g/mol. The van der Waals surface area contributed by atoms with Crippen LogP contribution in [0.15, 0.2) is 36.4 Å². The lowest BCUT2D eigenvalue weighted by molar-refractivity contribution is -0.0907. The number of nitrogens with zero attached hydrogens (tertiary/aromatic N) is 2. The molecule has 0 fully saturated rings. The summed E-state index contributed by atoms with van der Waals surface area (Å²) < 4.78 is 20.5. The molecule has 0 aliphatic rings. The molecular weight excluding hydrogens is 150 g/mol. The summed E-state index contributed by atoms with van der Waals surface area (Å²) in [5.41, 5.74) is 0. The molecule has 11 heavy (non-hydrogen) atoms. The fourth-order valence-electron chi connectivity index (χ4n) is 0.385. The molecule has 0 radical (unpaired) electrons. The molecule has 0 saturated heterocycles. The van der Waals surface area contributed by atoms with E-state index in [0.717, 1.165) is 0 Å². The molecule has 2 nitrogen and oxygen atoms in total. The minimum absolute atomic E-state index is 0.528. The SMILES string of the molecule is N#CN(F)F.c1ccccc1. The summed E-state index contributed by atoms with van der Waals surface area (Å²) in [6.45, 7) is 0. The van der Waals surface area contributed by atoms with Crippen molar-refractivity contribution in [2.24, 2.45) is 0 Å². The van der Waals surface area contributed by atoms with Gasteiger partial charge in [-0.25, -0.2) is 0 Å². The number of nitriles is 1. The lowest BCUT2D eigenvalue weighted by Crippen LogP contribution is -1.82. The second-order valence-electron chi connectivity index (χ2n) is 1.49. The molecule has 0 aliphatic heterocycles. The maximum absolute atomic E-state index is 10.2. The van der Waals surface area contributed by atoms with Crippen molar-refractivity contribution in [1.29, 1.82) is 5.26 Å². The lowest BCUT2D eigenvalue weighted by Gasteiger charge is -1.73. The molecule has 0 amide bonds. The zero-order chi connectivity index (χ0) is 8.53. The van der Waals surface area contributed by atoms with Crippen molar-refractivity contribution < 1.29 is 8.96 Å². The Morgan fingerprint density at radius 1 is 0.909 bits per heavy atom. The highest BCUT2D eigenvalue weighted by atomic mass is 19.4. The zero-order valence-corrected chi connectivity index (χ0v) is 5.61. The minimum Gasteiger partial charge on any atom is -0.167 e. The van der Waals surface area contributed by atoms with Crippen LogP contribution in [0.1, 0.15) is 0 Å².